The van der Waals surface area contributed by atoms with Crippen molar-refractivity contribution in [1.82, 2.24) is 0 Å². The summed E-state index contributed by atoms with van der Waals surface area (Å²) in [6, 6.07) is 5.04. The van der Waals surface area contributed by atoms with E-state index in [0.717, 1.165) is 12.1 Å². The highest BCUT2D eigenvalue weighted by atomic mass is 19.1. The Balaban J connectivity index is 2.36. The number of amides is 1. The number of carbonyl (C=O) groups excluding carboxylic acids is 1. The molecule has 0 N–H and O–H groups in total. The van der Waals surface area contributed by atoms with Gasteiger partial charge in [0.15, 0.2) is 0 Å². The summed E-state index contributed by atoms with van der Waals surface area (Å²) in [6.07, 6.45) is 1.48. The highest BCUT2D eigenvalue weighted by Crippen LogP contribution is 2.27. The minimum absolute atomic E-state index is 0.133. The lowest BCUT2D eigenvalue weighted by Gasteiger charge is -2.22. The van der Waals surface area contributed by atoms with Gasteiger partial charge in [-0.05, 0) is 44.0 Å². The van der Waals surface area contributed by atoms with Crippen molar-refractivity contribution >= 4 is 11.6 Å². The third kappa shape index (κ3) is 1.74. The Morgan fingerprint density at radius 1 is 1.47 bits per heavy atom. The van der Waals surface area contributed by atoms with Crippen LogP contribution in [0.2, 0.25) is 0 Å². The minimum atomic E-state index is -0.224. The van der Waals surface area contributed by atoms with E-state index in [-0.39, 0.29) is 17.8 Å². The molecule has 2 rings (SSSR count). The van der Waals surface area contributed by atoms with Gasteiger partial charge in [-0.2, -0.15) is 0 Å². The fourth-order valence-electron chi connectivity index (χ4n) is 2.00. The first-order chi connectivity index (χ1) is 7.09. The fraction of sp³-hybridized carbons (Fsp3) is 0.417. The fourth-order valence-corrected chi connectivity index (χ4v) is 2.00. The second kappa shape index (κ2) is 3.65. The zero-order valence-corrected chi connectivity index (χ0v) is 8.96. The molecule has 1 aliphatic heterocycles. The average molecular weight is 207 g/mol. The number of halogens is 1. The smallest absolute Gasteiger partial charge is 0.227 e. The standard InChI is InChI=1S/C12H14FNO/c1-8-7-10(4-5-11(8)13)14-9(2)3-6-12(14)15/h4-5,7,9H,3,6H2,1-2H3. The lowest BCUT2D eigenvalue weighted by atomic mass is 10.2. The number of hydrogen-bond acceptors (Lipinski definition) is 1. The first kappa shape index (κ1) is 10.1. The van der Waals surface area contributed by atoms with Crippen LogP contribution in [-0.4, -0.2) is 11.9 Å². The molecule has 15 heavy (non-hydrogen) atoms. The molecule has 0 radical (unpaired) electrons. The lowest BCUT2D eigenvalue weighted by Crippen LogP contribution is -2.30. The maximum absolute atomic E-state index is 13.1. The Labute approximate surface area is 88.7 Å². The molecule has 80 valence electrons. The third-order valence-electron chi connectivity index (χ3n) is 2.91. The van der Waals surface area contributed by atoms with Gasteiger partial charge in [0.1, 0.15) is 5.82 Å². The number of hydrogen-bond donors (Lipinski definition) is 0. The summed E-state index contributed by atoms with van der Waals surface area (Å²) < 4.78 is 13.1. The van der Waals surface area contributed by atoms with Gasteiger partial charge in [0, 0.05) is 18.2 Å². The highest BCUT2D eigenvalue weighted by Gasteiger charge is 2.28. The normalized spacial score (nSPS) is 21.1. The van der Waals surface area contributed by atoms with Crippen molar-refractivity contribution in [3.63, 3.8) is 0 Å². The molecule has 1 aromatic carbocycles. The molecule has 1 saturated heterocycles. The predicted octanol–water partition coefficient (Wildman–Crippen LogP) is 2.65. The molecule has 1 heterocycles. The van der Waals surface area contributed by atoms with Crippen molar-refractivity contribution in [3.8, 4) is 0 Å². The molecule has 3 heteroatoms. The first-order valence-corrected chi connectivity index (χ1v) is 5.18. The molecule has 1 fully saturated rings. The Hall–Kier alpha value is -1.38. The summed E-state index contributed by atoms with van der Waals surface area (Å²) in [6.45, 7) is 3.73. The van der Waals surface area contributed by atoms with E-state index >= 15 is 0 Å². The molecule has 1 aliphatic rings. The van der Waals surface area contributed by atoms with Gasteiger partial charge in [-0.25, -0.2) is 4.39 Å². The van der Waals surface area contributed by atoms with Crippen LogP contribution < -0.4 is 4.90 Å². The molecule has 1 amide bonds. The minimum Gasteiger partial charge on any atom is -0.310 e. The zero-order chi connectivity index (χ0) is 11.0. The Kier molecular flexibility index (Phi) is 2.47. The van der Waals surface area contributed by atoms with Crippen molar-refractivity contribution in [2.24, 2.45) is 0 Å². The van der Waals surface area contributed by atoms with E-state index in [0.29, 0.717) is 12.0 Å². The monoisotopic (exact) mass is 207 g/mol. The van der Waals surface area contributed by atoms with Gasteiger partial charge in [-0.1, -0.05) is 0 Å². The highest BCUT2D eigenvalue weighted by molar-refractivity contribution is 5.96. The van der Waals surface area contributed by atoms with E-state index in [1.54, 1.807) is 24.0 Å². The summed E-state index contributed by atoms with van der Waals surface area (Å²) in [5.74, 6) is -0.0912. The van der Waals surface area contributed by atoms with Crippen molar-refractivity contribution in [3.05, 3.63) is 29.6 Å². The van der Waals surface area contributed by atoms with Gasteiger partial charge in [-0.3, -0.25) is 4.79 Å². The van der Waals surface area contributed by atoms with Gasteiger partial charge in [0.05, 0.1) is 0 Å². The molecular formula is C12H14FNO. The van der Waals surface area contributed by atoms with Crippen LogP contribution in [0.25, 0.3) is 0 Å². The van der Waals surface area contributed by atoms with Crippen LogP contribution in [0.1, 0.15) is 25.3 Å². The van der Waals surface area contributed by atoms with Gasteiger partial charge < -0.3 is 4.90 Å². The van der Waals surface area contributed by atoms with E-state index < -0.39 is 0 Å². The van der Waals surface area contributed by atoms with E-state index in [1.807, 2.05) is 6.92 Å². The number of rotatable bonds is 1. The SMILES string of the molecule is Cc1cc(N2C(=O)CCC2C)ccc1F. The largest absolute Gasteiger partial charge is 0.310 e. The molecule has 1 aromatic rings. The second-order valence-electron chi connectivity index (χ2n) is 4.08. The molecule has 0 bridgehead atoms. The summed E-state index contributed by atoms with van der Waals surface area (Å²) in [5.41, 5.74) is 1.39. The van der Waals surface area contributed by atoms with E-state index in [2.05, 4.69) is 0 Å². The maximum Gasteiger partial charge on any atom is 0.227 e. The van der Waals surface area contributed by atoms with E-state index in [4.69, 9.17) is 0 Å². The van der Waals surface area contributed by atoms with Gasteiger partial charge in [0.25, 0.3) is 0 Å². The number of carbonyl (C=O) groups is 1. The molecule has 1 unspecified atom stereocenters. The molecule has 0 spiro atoms. The first-order valence-electron chi connectivity index (χ1n) is 5.18. The Morgan fingerprint density at radius 2 is 2.20 bits per heavy atom. The summed E-state index contributed by atoms with van der Waals surface area (Å²) in [7, 11) is 0. The van der Waals surface area contributed by atoms with Gasteiger partial charge in [-0.15, -0.1) is 0 Å². The predicted molar refractivity (Wildman–Crippen MR) is 57.3 cm³/mol. The number of benzene rings is 1. The summed E-state index contributed by atoms with van der Waals surface area (Å²) in [5, 5.41) is 0. The van der Waals surface area contributed by atoms with E-state index in [1.165, 1.54) is 6.07 Å². The van der Waals surface area contributed by atoms with Gasteiger partial charge >= 0.3 is 0 Å². The molecule has 0 aliphatic carbocycles. The summed E-state index contributed by atoms with van der Waals surface area (Å²) >= 11 is 0. The van der Waals surface area contributed by atoms with Crippen molar-refractivity contribution in [1.29, 1.82) is 0 Å². The van der Waals surface area contributed by atoms with Crippen molar-refractivity contribution in [2.45, 2.75) is 32.7 Å². The maximum atomic E-state index is 13.1. The van der Waals surface area contributed by atoms with Crippen LogP contribution >= 0.6 is 0 Å². The Morgan fingerprint density at radius 3 is 2.73 bits per heavy atom. The van der Waals surface area contributed by atoms with Crippen LogP contribution in [0.15, 0.2) is 18.2 Å². The number of aryl methyl sites for hydroxylation is 1. The van der Waals surface area contributed by atoms with Crippen LogP contribution in [0.3, 0.4) is 0 Å². The zero-order valence-electron chi connectivity index (χ0n) is 8.96. The van der Waals surface area contributed by atoms with Crippen LogP contribution in [-0.2, 0) is 4.79 Å². The Bertz CT molecular complexity index is 403. The second-order valence-corrected chi connectivity index (χ2v) is 4.08. The molecular weight excluding hydrogens is 193 g/mol. The van der Waals surface area contributed by atoms with Crippen LogP contribution in [0, 0.1) is 12.7 Å². The van der Waals surface area contributed by atoms with Crippen molar-refractivity contribution in [2.75, 3.05) is 4.90 Å². The van der Waals surface area contributed by atoms with Crippen LogP contribution in [0.4, 0.5) is 10.1 Å². The van der Waals surface area contributed by atoms with Gasteiger partial charge in [0.2, 0.25) is 5.91 Å². The van der Waals surface area contributed by atoms with E-state index in [9.17, 15) is 9.18 Å². The third-order valence-corrected chi connectivity index (χ3v) is 2.91. The van der Waals surface area contributed by atoms with Crippen LogP contribution in [0.5, 0.6) is 0 Å². The van der Waals surface area contributed by atoms with Crippen molar-refractivity contribution < 1.29 is 9.18 Å². The number of anilines is 1. The average Bonchev–Trinajstić information content (AvgIpc) is 2.52. The molecule has 0 saturated carbocycles. The molecule has 1 atom stereocenters. The molecule has 2 nitrogen and oxygen atoms in total. The summed E-state index contributed by atoms with van der Waals surface area (Å²) in [4.78, 5) is 13.4. The molecule has 0 aromatic heterocycles. The quantitative estimate of drug-likeness (QED) is 0.693. The number of nitrogens with zero attached hydrogens (tertiary/aromatic N) is 1. The topological polar surface area (TPSA) is 20.3 Å². The lowest BCUT2D eigenvalue weighted by molar-refractivity contribution is -0.117.